The zero-order chi connectivity index (χ0) is 10.4. The van der Waals surface area contributed by atoms with Gasteiger partial charge in [-0.15, -0.1) is 0 Å². The van der Waals surface area contributed by atoms with E-state index in [2.05, 4.69) is 12.1 Å². The van der Waals surface area contributed by atoms with Crippen molar-refractivity contribution in [2.75, 3.05) is 0 Å². The van der Waals surface area contributed by atoms with Gasteiger partial charge < -0.3 is 0 Å². The van der Waals surface area contributed by atoms with Crippen molar-refractivity contribution in [3.05, 3.63) is 30.3 Å². The van der Waals surface area contributed by atoms with Crippen molar-refractivity contribution in [2.45, 2.75) is 18.7 Å². The number of hydrogen-bond acceptors (Lipinski definition) is 1. The molecule has 2 nitrogen and oxygen atoms in total. The van der Waals surface area contributed by atoms with Crippen LogP contribution < -0.4 is 4.46 Å². The summed E-state index contributed by atoms with van der Waals surface area (Å²) < 4.78 is 1.34. The van der Waals surface area contributed by atoms with Gasteiger partial charge in [0.15, 0.2) is 0 Å². The summed E-state index contributed by atoms with van der Waals surface area (Å²) in [6.07, 6.45) is 0.286. The summed E-state index contributed by atoms with van der Waals surface area (Å²) in [5.74, 6) is -0.408. The second-order valence-corrected chi connectivity index (χ2v) is 5.62. The number of carbonyl (C=O) groups is 1. The molecule has 1 aromatic carbocycles. The SMILES string of the molecule is CC(C[Se]c1ccccc1)CC(=O)O. The van der Waals surface area contributed by atoms with Crippen LogP contribution in [-0.4, -0.2) is 26.0 Å². The van der Waals surface area contributed by atoms with E-state index in [0.29, 0.717) is 15.0 Å². The predicted octanol–water partition coefficient (Wildman–Crippen LogP) is 1.55. The molecular weight excluding hydrogens is 243 g/mol. The van der Waals surface area contributed by atoms with Crippen LogP contribution in [-0.2, 0) is 4.79 Å². The third-order valence-corrected chi connectivity index (χ3v) is 4.61. The molecular formula is C11H14O2Se. The second kappa shape index (κ2) is 5.84. The Balaban J connectivity index is 2.30. The van der Waals surface area contributed by atoms with Crippen molar-refractivity contribution < 1.29 is 9.90 Å². The Morgan fingerprint density at radius 2 is 2.07 bits per heavy atom. The van der Waals surface area contributed by atoms with Crippen LogP contribution in [0.15, 0.2) is 30.3 Å². The van der Waals surface area contributed by atoms with Gasteiger partial charge >= 0.3 is 90.2 Å². The summed E-state index contributed by atoms with van der Waals surface area (Å²) >= 11 is 0.413. The minimum absolute atomic E-state index is 0.285. The van der Waals surface area contributed by atoms with Crippen molar-refractivity contribution in [3.63, 3.8) is 0 Å². The van der Waals surface area contributed by atoms with Crippen molar-refractivity contribution in [2.24, 2.45) is 5.92 Å². The summed E-state index contributed by atoms with van der Waals surface area (Å²) in [5.41, 5.74) is 0. The summed E-state index contributed by atoms with van der Waals surface area (Å²) in [4.78, 5) is 10.4. The van der Waals surface area contributed by atoms with Gasteiger partial charge in [0.25, 0.3) is 0 Å². The minimum atomic E-state index is -0.693. The molecule has 0 saturated carbocycles. The molecule has 0 amide bonds. The fraction of sp³-hybridized carbons (Fsp3) is 0.364. The number of hydrogen-bond donors (Lipinski definition) is 1. The standard InChI is InChI=1S/C11H14O2Se/c1-9(7-11(12)13)8-14-10-5-3-2-4-6-10/h2-6,9H,7-8H2,1H3,(H,12,13). The molecule has 0 heterocycles. The van der Waals surface area contributed by atoms with E-state index in [4.69, 9.17) is 5.11 Å². The number of benzene rings is 1. The van der Waals surface area contributed by atoms with Crippen LogP contribution in [0.5, 0.6) is 0 Å². The summed E-state index contributed by atoms with van der Waals surface area (Å²) in [6, 6.07) is 10.3. The van der Waals surface area contributed by atoms with Gasteiger partial charge in [-0.2, -0.15) is 0 Å². The first-order valence-electron chi connectivity index (χ1n) is 4.58. The topological polar surface area (TPSA) is 37.3 Å². The Kier molecular flexibility index (Phi) is 4.71. The molecule has 14 heavy (non-hydrogen) atoms. The first-order chi connectivity index (χ1) is 6.68. The van der Waals surface area contributed by atoms with Crippen LogP contribution in [0, 0.1) is 5.92 Å². The predicted molar refractivity (Wildman–Crippen MR) is 58.1 cm³/mol. The van der Waals surface area contributed by atoms with Gasteiger partial charge in [0.2, 0.25) is 0 Å². The van der Waals surface area contributed by atoms with E-state index in [1.807, 2.05) is 25.1 Å². The third-order valence-electron chi connectivity index (χ3n) is 1.80. The normalized spacial score (nSPS) is 12.4. The average molecular weight is 257 g/mol. The van der Waals surface area contributed by atoms with E-state index in [0.717, 1.165) is 5.32 Å². The van der Waals surface area contributed by atoms with E-state index in [1.54, 1.807) is 0 Å². The van der Waals surface area contributed by atoms with Gasteiger partial charge in [0.1, 0.15) is 0 Å². The van der Waals surface area contributed by atoms with Crippen LogP contribution in [0.4, 0.5) is 0 Å². The molecule has 3 heteroatoms. The Morgan fingerprint density at radius 1 is 1.43 bits per heavy atom. The van der Waals surface area contributed by atoms with Gasteiger partial charge in [-0.3, -0.25) is 0 Å². The number of aliphatic carboxylic acids is 1. The first kappa shape index (κ1) is 11.3. The zero-order valence-electron chi connectivity index (χ0n) is 8.14. The monoisotopic (exact) mass is 258 g/mol. The molecule has 0 bridgehead atoms. The molecule has 0 fully saturated rings. The van der Waals surface area contributed by atoms with Gasteiger partial charge in [-0.05, 0) is 0 Å². The van der Waals surface area contributed by atoms with E-state index in [1.165, 1.54) is 4.46 Å². The van der Waals surface area contributed by atoms with Crippen LogP contribution in [0.3, 0.4) is 0 Å². The summed E-state index contributed by atoms with van der Waals surface area (Å²) in [5, 5.41) is 9.59. The summed E-state index contributed by atoms with van der Waals surface area (Å²) in [6.45, 7) is 2.00. The molecule has 0 aliphatic carbocycles. The maximum absolute atomic E-state index is 10.4. The molecule has 76 valence electrons. The van der Waals surface area contributed by atoms with Crippen molar-refractivity contribution in [1.29, 1.82) is 0 Å². The van der Waals surface area contributed by atoms with Gasteiger partial charge in [-0.1, -0.05) is 0 Å². The summed E-state index contributed by atoms with van der Waals surface area (Å²) in [7, 11) is 0. The molecule has 0 aliphatic heterocycles. The van der Waals surface area contributed by atoms with E-state index < -0.39 is 5.97 Å². The molecule has 1 unspecified atom stereocenters. The Bertz CT molecular complexity index is 285. The zero-order valence-corrected chi connectivity index (χ0v) is 9.86. The molecule has 0 aliphatic rings. The van der Waals surface area contributed by atoms with E-state index in [-0.39, 0.29) is 12.3 Å². The second-order valence-electron chi connectivity index (χ2n) is 3.33. The van der Waals surface area contributed by atoms with Crippen LogP contribution in [0.2, 0.25) is 5.32 Å². The molecule has 0 saturated heterocycles. The van der Waals surface area contributed by atoms with Gasteiger partial charge in [-0.25, -0.2) is 0 Å². The number of rotatable bonds is 5. The number of carboxylic acid groups (broad SMARTS) is 1. The maximum atomic E-state index is 10.4. The molecule has 1 atom stereocenters. The first-order valence-corrected chi connectivity index (χ1v) is 6.65. The Hall–Kier alpha value is -0.791. The number of carboxylic acids is 1. The molecule has 1 rings (SSSR count). The Labute approximate surface area is 90.5 Å². The van der Waals surface area contributed by atoms with Gasteiger partial charge in [0.05, 0.1) is 0 Å². The van der Waals surface area contributed by atoms with Crippen LogP contribution in [0.25, 0.3) is 0 Å². The molecule has 0 aromatic heterocycles. The average Bonchev–Trinajstić information content (AvgIpc) is 2.15. The molecule has 1 aromatic rings. The van der Waals surface area contributed by atoms with Crippen LogP contribution >= 0.6 is 0 Å². The third kappa shape index (κ3) is 4.45. The molecule has 0 spiro atoms. The quantitative estimate of drug-likeness (QED) is 0.812. The fourth-order valence-corrected chi connectivity index (χ4v) is 3.09. The molecule has 0 radical (unpaired) electrons. The fourth-order valence-electron chi connectivity index (χ4n) is 1.11. The Morgan fingerprint density at radius 3 is 2.64 bits per heavy atom. The molecule has 1 N–H and O–H groups in total. The van der Waals surface area contributed by atoms with Crippen LogP contribution in [0.1, 0.15) is 13.3 Å². The van der Waals surface area contributed by atoms with Crippen molar-refractivity contribution in [1.82, 2.24) is 0 Å². The van der Waals surface area contributed by atoms with Crippen molar-refractivity contribution >= 4 is 25.4 Å². The van der Waals surface area contributed by atoms with Crippen molar-refractivity contribution in [3.8, 4) is 0 Å². The van der Waals surface area contributed by atoms with E-state index in [9.17, 15) is 4.79 Å². The van der Waals surface area contributed by atoms with E-state index >= 15 is 0 Å². The van der Waals surface area contributed by atoms with Gasteiger partial charge in [0, 0.05) is 0 Å².